The highest BCUT2D eigenvalue weighted by Gasteiger charge is 2.26. The van der Waals surface area contributed by atoms with Gasteiger partial charge in [0.15, 0.2) is 0 Å². The lowest BCUT2D eigenvalue weighted by atomic mass is 9.93. The number of nitrogens with one attached hydrogen (secondary N) is 3. The third-order valence-corrected chi connectivity index (χ3v) is 4.75. The fourth-order valence-electron chi connectivity index (χ4n) is 3.28. The minimum absolute atomic E-state index is 0.0546. The molecule has 0 unspecified atom stereocenters. The molecule has 1 aliphatic rings. The number of imidazole rings is 1. The lowest BCUT2D eigenvalue weighted by molar-refractivity contribution is -0.384. The third kappa shape index (κ3) is 5.31. The van der Waals surface area contributed by atoms with Gasteiger partial charge in [-0.1, -0.05) is 12.1 Å². The zero-order valence-corrected chi connectivity index (χ0v) is 16.0. The SMILES string of the molecule is CCNC(=O)NC1CCC(OC(=O)c2cnc(-c3cccc([N+](=O)[O-])c3)[nH]2)CC1. The maximum atomic E-state index is 12.4. The molecule has 2 amide bonds. The van der Waals surface area contributed by atoms with Gasteiger partial charge in [-0.2, -0.15) is 0 Å². The van der Waals surface area contributed by atoms with E-state index >= 15 is 0 Å². The second-order valence-electron chi connectivity index (χ2n) is 6.84. The highest BCUT2D eigenvalue weighted by Crippen LogP contribution is 2.24. The van der Waals surface area contributed by atoms with Crippen molar-refractivity contribution in [1.82, 2.24) is 20.6 Å². The van der Waals surface area contributed by atoms with E-state index in [1.54, 1.807) is 12.1 Å². The van der Waals surface area contributed by atoms with Gasteiger partial charge in [0.25, 0.3) is 5.69 Å². The number of nitro groups is 1. The Hall–Kier alpha value is -3.43. The Morgan fingerprint density at radius 2 is 2.07 bits per heavy atom. The van der Waals surface area contributed by atoms with Gasteiger partial charge in [0.05, 0.1) is 11.1 Å². The van der Waals surface area contributed by atoms with Crippen molar-refractivity contribution < 1.29 is 19.2 Å². The summed E-state index contributed by atoms with van der Waals surface area (Å²) < 4.78 is 5.54. The molecule has 0 atom stereocenters. The molecule has 1 saturated carbocycles. The number of aromatic amines is 1. The van der Waals surface area contributed by atoms with Gasteiger partial charge in [-0.05, 0) is 32.6 Å². The number of ether oxygens (including phenoxy) is 1. The van der Waals surface area contributed by atoms with Crippen molar-refractivity contribution in [2.75, 3.05) is 6.54 Å². The molecular formula is C19H23N5O5. The Kier molecular flexibility index (Phi) is 6.43. The first-order valence-corrected chi connectivity index (χ1v) is 9.51. The number of benzene rings is 1. The van der Waals surface area contributed by atoms with E-state index in [0.717, 1.165) is 12.8 Å². The molecule has 3 rings (SSSR count). The lowest BCUT2D eigenvalue weighted by Crippen LogP contribution is -2.44. The van der Waals surface area contributed by atoms with Crippen LogP contribution in [0.15, 0.2) is 30.5 Å². The van der Waals surface area contributed by atoms with E-state index in [1.807, 2.05) is 6.92 Å². The fourth-order valence-corrected chi connectivity index (χ4v) is 3.28. The predicted octanol–water partition coefficient (Wildman–Crippen LogP) is 2.77. The molecule has 0 aliphatic heterocycles. The maximum Gasteiger partial charge on any atom is 0.356 e. The third-order valence-electron chi connectivity index (χ3n) is 4.75. The number of esters is 1. The molecule has 0 bridgehead atoms. The molecule has 10 nitrogen and oxygen atoms in total. The Balaban J connectivity index is 1.54. The van der Waals surface area contributed by atoms with Gasteiger partial charge in [0, 0.05) is 30.3 Å². The first-order chi connectivity index (χ1) is 14.0. The number of hydrogen-bond acceptors (Lipinski definition) is 6. The second kappa shape index (κ2) is 9.18. The van der Waals surface area contributed by atoms with Crippen LogP contribution < -0.4 is 10.6 Å². The van der Waals surface area contributed by atoms with Crippen molar-refractivity contribution in [3.8, 4) is 11.4 Å². The Labute approximate surface area is 167 Å². The van der Waals surface area contributed by atoms with Gasteiger partial charge >= 0.3 is 12.0 Å². The van der Waals surface area contributed by atoms with Gasteiger partial charge in [-0.25, -0.2) is 14.6 Å². The van der Waals surface area contributed by atoms with E-state index in [2.05, 4.69) is 20.6 Å². The summed E-state index contributed by atoms with van der Waals surface area (Å²) in [7, 11) is 0. The van der Waals surface area contributed by atoms with Crippen molar-refractivity contribution >= 4 is 17.7 Å². The van der Waals surface area contributed by atoms with E-state index in [0.29, 0.717) is 30.8 Å². The number of nitrogens with zero attached hydrogens (tertiary/aromatic N) is 2. The summed E-state index contributed by atoms with van der Waals surface area (Å²) >= 11 is 0. The smallest absolute Gasteiger partial charge is 0.356 e. The minimum Gasteiger partial charge on any atom is -0.458 e. The zero-order valence-electron chi connectivity index (χ0n) is 16.0. The number of non-ortho nitro benzene ring substituents is 1. The Morgan fingerprint density at radius 3 is 2.76 bits per heavy atom. The van der Waals surface area contributed by atoms with Crippen molar-refractivity contribution in [2.45, 2.75) is 44.8 Å². The van der Waals surface area contributed by atoms with Crippen LogP contribution in [0.5, 0.6) is 0 Å². The zero-order chi connectivity index (χ0) is 20.8. The Bertz CT molecular complexity index is 889. The highest BCUT2D eigenvalue weighted by molar-refractivity contribution is 5.88. The summed E-state index contributed by atoms with van der Waals surface area (Å²) in [5.41, 5.74) is 0.644. The van der Waals surface area contributed by atoms with E-state index in [9.17, 15) is 19.7 Å². The average molecular weight is 401 g/mol. The van der Waals surface area contributed by atoms with Crippen LogP contribution in [0.3, 0.4) is 0 Å². The van der Waals surface area contributed by atoms with Crippen LogP contribution in [0.25, 0.3) is 11.4 Å². The Morgan fingerprint density at radius 1 is 1.31 bits per heavy atom. The van der Waals surface area contributed by atoms with Crippen molar-refractivity contribution in [2.24, 2.45) is 0 Å². The number of rotatable bonds is 6. The second-order valence-corrected chi connectivity index (χ2v) is 6.84. The molecule has 1 aliphatic carbocycles. The molecule has 3 N–H and O–H groups in total. The van der Waals surface area contributed by atoms with Crippen molar-refractivity contribution in [3.63, 3.8) is 0 Å². The molecule has 0 saturated heterocycles. The van der Waals surface area contributed by atoms with Crippen LogP contribution >= 0.6 is 0 Å². The fraction of sp³-hybridized carbons (Fsp3) is 0.421. The summed E-state index contributed by atoms with van der Waals surface area (Å²) in [5, 5.41) is 16.5. The highest BCUT2D eigenvalue weighted by atomic mass is 16.6. The molecule has 2 aromatic rings. The van der Waals surface area contributed by atoms with Crippen molar-refractivity contribution in [1.29, 1.82) is 0 Å². The standard InChI is InChI=1S/C19H23N5O5/c1-2-20-19(26)22-13-6-8-15(9-7-13)29-18(25)16-11-21-17(23-16)12-4-3-5-14(10-12)24(27)28/h3-5,10-11,13,15H,2,6-9H2,1H3,(H,21,23)(H2,20,22,26). The van der Waals surface area contributed by atoms with Crippen LogP contribution in [-0.2, 0) is 4.74 Å². The van der Waals surface area contributed by atoms with Crippen LogP contribution in [0, 0.1) is 10.1 Å². The normalized spacial score (nSPS) is 18.7. The molecule has 10 heteroatoms. The summed E-state index contributed by atoms with van der Waals surface area (Å²) in [6.45, 7) is 2.43. The largest absolute Gasteiger partial charge is 0.458 e. The van der Waals surface area contributed by atoms with E-state index in [4.69, 9.17) is 4.74 Å². The van der Waals surface area contributed by atoms with Gasteiger partial charge < -0.3 is 20.4 Å². The molecule has 154 valence electrons. The van der Waals surface area contributed by atoms with Crippen LogP contribution in [0.1, 0.15) is 43.1 Å². The van der Waals surface area contributed by atoms with Crippen LogP contribution in [-0.4, -0.2) is 45.6 Å². The number of carbonyl (C=O) groups is 2. The van der Waals surface area contributed by atoms with E-state index in [1.165, 1.54) is 18.3 Å². The molecule has 29 heavy (non-hydrogen) atoms. The first-order valence-electron chi connectivity index (χ1n) is 9.51. The van der Waals surface area contributed by atoms with Gasteiger partial charge in [-0.15, -0.1) is 0 Å². The quantitative estimate of drug-likeness (QED) is 0.386. The van der Waals surface area contributed by atoms with Crippen molar-refractivity contribution in [3.05, 3.63) is 46.3 Å². The summed E-state index contributed by atoms with van der Waals surface area (Å²) in [4.78, 5) is 41.4. The number of H-pyrrole nitrogens is 1. The monoisotopic (exact) mass is 401 g/mol. The number of aromatic nitrogens is 2. The first kappa shape index (κ1) is 20.3. The molecular weight excluding hydrogens is 378 g/mol. The average Bonchev–Trinajstić information content (AvgIpc) is 3.20. The van der Waals surface area contributed by atoms with Gasteiger partial charge in [0.2, 0.25) is 0 Å². The van der Waals surface area contributed by atoms with Crippen LogP contribution in [0.2, 0.25) is 0 Å². The predicted molar refractivity (Wildman–Crippen MR) is 104 cm³/mol. The number of urea groups is 1. The number of hydrogen-bond donors (Lipinski definition) is 3. The minimum atomic E-state index is -0.519. The van der Waals surface area contributed by atoms with Gasteiger partial charge in [0.1, 0.15) is 17.6 Å². The topological polar surface area (TPSA) is 139 Å². The van der Waals surface area contributed by atoms with E-state index < -0.39 is 10.9 Å². The summed E-state index contributed by atoms with van der Waals surface area (Å²) in [6, 6.07) is 5.89. The summed E-state index contributed by atoms with van der Waals surface area (Å²) in [5.74, 6) is -0.162. The molecule has 1 fully saturated rings. The lowest BCUT2D eigenvalue weighted by Gasteiger charge is -2.28. The number of amides is 2. The molecule has 1 aromatic heterocycles. The van der Waals surface area contributed by atoms with Gasteiger partial charge in [-0.3, -0.25) is 10.1 Å². The number of carbonyl (C=O) groups excluding carboxylic acids is 2. The molecule has 0 spiro atoms. The van der Waals surface area contributed by atoms with Crippen LogP contribution in [0.4, 0.5) is 10.5 Å². The molecule has 0 radical (unpaired) electrons. The molecule has 1 aromatic carbocycles. The summed E-state index contributed by atoms with van der Waals surface area (Å²) in [6.07, 6.45) is 3.93. The maximum absolute atomic E-state index is 12.4. The number of nitro benzene ring substituents is 1. The van der Waals surface area contributed by atoms with E-state index in [-0.39, 0.29) is 29.6 Å². The molecule has 1 heterocycles.